The Morgan fingerprint density at radius 1 is 1.30 bits per heavy atom. The predicted octanol–water partition coefficient (Wildman–Crippen LogP) is 1.22. The molecule has 0 atom stereocenters. The minimum atomic E-state index is -0.643. The van der Waals surface area contributed by atoms with Crippen LogP contribution in [-0.2, 0) is 18.3 Å². The van der Waals surface area contributed by atoms with Crippen LogP contribution in [0.25, 0.3) is 0 Å². The molecule has 1 saturated heterocycles. The summed E-state index contributed by atoms with van der Waals surface area (Å²) in [5.41, 5.74) is 1.03. The second kappa shape index (κ2) is 8.12. The Morgan fingerprint density at radius 3 is 2.78 bits per heavy atom. The van der Waals surface area contributed by atoms with Crippen molar-refractivity contribution < 1.29 is 14.5 Å². The van der Waals surface area contributed by atoms with Crippen molar-refractivity contribution in [2.75, 3.05) is 38.2 Å². The van der Waals surface area contributed by atoms with E-state index in [2.05, 4.69) is 19.7 Å². The summed E-state index contributed by atoms with van der Waals surface area (Å²) in [6.45, 7) is 3.71. The van der Waals surface area contributed by atoms with Crippen molar-refractivity contribution in [3.63, 3.8) is 0 Å². The van der Waals surface area contributed by atoms with Crippen LogP contribution in [0.1, 0.15) is 22.3 Å². The van der Waals surface area contributed by atoms with Gasteiger partial charge in [-0.15, -0.1) is 0 Å². The molecule has 2 aromatic rings. The Morgan fingerprint density at radius 2 is 2.11 bits per heavy atom. The first-order valence-electron chi connectivity index (χ1n) is 8.65. The average Bonchev–Trinajstić information content (AvgIpc) is 2.93. The number of carbonyl (C=O) groups is 1. The van der Waals surface area contributed by atoms with Gasteiger partial charge in [0.05, 0.1) is 23.8 Å². The number of carbonyl (C=O) groups excluding carboxylic acids is 1. The molecule has 3 heterocycles. The number of methoxy groups -OCH3 is 1. The van der Waals surface area contributed by atoms with Gasteiger partial charge in [0.15, 0.2) is 0 Å². The molecule has 0 unspecified atom stereocenters. The molecule has 0 aromatic carbocycles. The van der Waals surface area contributed by atoms with E-state index in [1.54, 1.807) is 4.68 Å². The van der Waals surface area contributed by atoms with Crippen LogP contribution >= 0.6 is 0 Å². The summed E-state index contributed by atoms with van der Waals surface area (Å²) in [6, 6.07) is 1.23. The molecule has 0 aliphatic carbocycles. The molecule has 144 valence electrons. The second-order valence-electron chi connectivity index (χ2n) is 6.45. The Balaban J connectivity index is 1.74. The van der Waals surface area contributed by atoms with Crippen LogP contribution in [0.15, 0.2) is 24.7 Å². The average molecular weight is 374 g/mol. The number of esters is 1. The SMILES string of the molecule is COC(=O)c1cnc(N2CCCN(Cc3cnn(C)c3)CC2)c([N+](=O)[O-])c1. The van der Waals surface area contributed by atoms with Gasteiger partial charge in [0.2, 0.25) is 5.82 Å². The van der Waals surface area contributed by atoms with E-state index in [9.17, 15) is 14.9 Å². The zero-order valence-corrected chi connectivity index (χ0v) is 15.4. The minimum absolute atomic E-state index is 0.0703. The van der Waals surface area contributed by atoms with Gasteiger partial charge in [0, 0.05) is 63.8 Å². The fraction of sp³-hybridized carbons (Fsp3) is 0.471. The standard InChI is InChI=1S/C17H22N6O4/c1-20-11-13(9-19-20)12-21-4-3-5-22(7-6-21)16-15(23(25)26)8-14(10-18-16)17(24)27-2/h8-11H,3-7,12H2,1-2H3. The molecule has 1 fully saturated rings. The first-order valence-corrected chi connectivity index (χ1v) is 8.65. The van der Waals surface area contributed by atoms with Gasteiger partial charge in [-0.1, -0.05) is 0 Å². The molecule has 10 nitrogen and oxygen atoms in total. The van der Waals surface area contributed by atoms with Crippen LogP contribution in [0.2, 0.25) is 0 Å². The van der Waals surface area contributed by atoms with Gasteiger partial charge in [-0.25, -0.2) is 9.78 Å². The van der Waals surface area contributed by atoms with Crippen molar-refractivity contribution in [3.05, 3.63) is 45.9 Å². The van der Waals surface area contributed by atoms with Crippen molar-refractivity contribution in [1.29, 1.82) is 0 Å². The van der Waals surface area contributed by atoms with E-state index in [4.69, 9.17) is 0 Å². The van der Waals surface area contributed by atoms with Crippen molar-refractivity contribution >= 4 is 17.5 Å². The molecule has 0 N–H and O–H groups in total. The number of hydrogen-bond acceptors (Lipinski definition) is 8. The van der Waals surface area contributed by atoms with Gasteiger partial charge in [0.25, 0.3) is 0 Å². The predicted molar refractivity (Wildman–Crippen MR) is 97.5 cm³/mol. The normalized spacial score (nSPS) is 15.4. The van der Waals surface area contributed by atoms with Crippen molar-refractivity contribution in [2.24, 2.45) is 7.05 Å². The van der Waals surface area contributed by atoms with Crippen LogP contribution in [0.3, 0.4) is 0 Å². The maximum absolute atomic E-state index is 11.6. The van der Waals surface area contributed by atoms with Crippen LogP contribution in [0.4, 0.5) is 11.5 Å². The topological polar surface area (TPSA) is 107 Å². The molecule has 3 rings (SSSR count). The number of pyridine rings is 1. The highest BCUT2D eigenvalue weighted by molar-refractivity contribution is 5.90. The number of rotatable bonds is 5. The Labute approximate surface area is 156 Å². The van der Waals surface area contributed by atoms with Crippen molar-refractivity contribution in [1.82, 2.24) is 19.7 Å². The largest absolute Gasteiger partial charge is 0.465 e. The van der Waals surface area contributed by atoms with E-state index in [1.807, 2.05) is 24.3 Å². The van der Waals surface area contributed by atoms with Crippen LogP contribution in [0.5, 0.6) is 0 Å². The molecular weight excluding hydrogens is 352 g/mol. The van der Waals surface area contributed by atoms with Crippen molar-refractivity contribution in [2.45, 2.75) is 13.0 Å². The number of ether oxygens (including phenoxy) is 1. The van der Waals surface area contributed by atoms with Gasteiger partial charge in [-0.2, -0.15) is 5.10 Å². The Hall–Kier alpha value is -3.01. The van der Waals surface area contributed by atoms with E-state index in [0.29, 0.717) is 13.1 Å². The van der Waals surface area contributed by atoms with E-state index >= 15 is 0 Å². The maximum Gasteiger partial charge on any atom is 0.339 e. The summed E-state index contributed by atoms with van der Waals surface area (Å²) in [7, 11) is 3.12. The van der Waals surface area contributed by atoms with E-state index < -0.39 is 10.9 Å². The molecule has 10 heteroatoms. The molecule has 0 radical (unpaired) electrons. The first-order chi connectivity index (χ1) is 13.0. The lowest BCUT2D eigenvalue weighted by Crippen LogP contribution is -2.31. The molecule has 0 spiro atoms. The number of nitrogens with zero attached hydrogens (tertiary/aromatic N) is 6. The van der Waals surface area contributed by atoms with Gasteiger partial charge in [-0.3, -0.25) is 19.7 Å². The number of aryl methyl sites for hydroxylation is 1. The number of nitro groups is 1. The Kier molecular flexibility index (Phi) is 5.65. The maximum atomic E-state index is 11.6. The molecular formula is C17H22N6O4. The smallest absolute Gasteiger partial charge is 0.339 e. The van der Waals surface area contributed by atoms with E-state index in [0.717, 1.165) is 31.6 Å². The van der Waals surface area contributed by atoms with Crippen molar-refractivity contribution in [3.8, 4) is 0 Å². The summed E-state index contributed by atoms with van der Waals surface area (Å²) < 4.78 is 6.39. The molecule has 27 heavy (non-hydrogen) atoms. The van der Waals surface area contributed by atoms with Gasteiger partial charge in [-0.05, 0) is 6.42 Å². The lowest BCUT2D eigenvalue weighted by atomic mass is 10.2. The first kappa shape index (κ1) is 18.8. The summed E-state index contributed by atoms with van der Waals surface area (Å²) in [6.07, 6.45) is 6.02. The summed E-state index contributed by atoms with van der Waals surface area (Å²) in [5.74, 6) is -0.355. The second-order valence-corrected chi connectivity index (χ2v) is 6.45. The highest BCUT2D eigenvalue weighted by Crippen LogP contribution is 2.28. The highest BCUT2D eigenvalue weighted by Gasteiger charge is 2.25. The number of aromatic nitrogens is 3. The van der Waals surface area contributed by atoms with Gasteiger partial charge < -0.3 is 9.64 Å². The van der Waals surface area contributed by atoms with E-state index in [1.165, 1.54) is 19.4 Å². The third-order valence-electron chi connectivity index (χ3n) is 4.52. The fourth-order valence-electron chi connectivity index (χ4n) is 3.21. The number of hydrogen-bond donors (Lipinski definition) is 0. The highest BCUT2D eigenvalue weighted by atomic mass is 16.6. The number of anilines is 1. The van der Waals surface area contributed by atoms with E-state index in [-0.39, 0.29) is 17.1 Å². The molecule has 0 saturated carbocycles. The van der Waals surface area contributed by atoms with Crippen LogP contribution in [-0.4, -0.2) is 63.8 Å². The quantitative estimate of drug-likeness (QED) is 0.437. The third kappa shape index (κ3) is 4.40. The summed E-state index contributed by atoms with van der Waals surface area (Å²) >= 11 is 0. The van der Waals surface area contributed by atoms with Gasteiger partial charge in [0.1, 0.15) is 0 Å². The lowest BCUT2D eigenvalue weighted by Gasteiger charge is -2.22. The molecule has 1 aliphatic heterocycles. The van der Waals surface area contributed by atoms with Crippen LogP contribution in [0, 0.1) is 10.1 Å². The fourth-order valence-corrected chi connectivity index (χ4v) is 3.21. The molecule has 2 aromatic heterocycles. The van der Waals surface area contributed by atoms with Crippen LogP contribution < -0.4 is 4.90 Å². The summed E-state index contributed by atoms with van der Waals surface area (Å²) in [4.78, 5) is 31.0. The van der Waals surface area contributed by atoms with Gasteiger partial charge >= 0.3 is 11.7 Å². The monoisotopic (exact) mass is 374 g/mol. The Bertz CT molecular complexity index is 837. The zero-order chi connectivity index (χ0) is 19.4. The summed E-state index contributed by atoms with van der Waals surface area (Å²) in [5, 5.41) is 15.7. The lowest BCUT2D eigenvalue weighted by molar-refractivity contribution is -0.384. The third-order valence-corrected chi connectivity index (χ3v) is 4.52. The molecule has 0 amide bonds. The zero-order valence-electron chi connectivity index (χ0n) is 15.4. The molecule has 0 bridgehead atoms. The molecule has 1 aliphatic rings. The minimum Gasteiger partial charge on any atom is -0.465 e.